The van der Waals surface area contributed by atoms with Gasteiger partial charge in [-0.05, 0) is 44.5 Å². The van der Waals surface area contributed by atoms with Crippen LogP contribution in [0.15, 0.2) is 35.3 Å². The first-order chi connectivity index (χ1) is 12.2. The summed E-state index contributed by atoms with van der Waals surface area (Å²) >= 11 is 0. The van der Waals surface area contributed by atoms with Gasteiger partial charge in [0, 0.05) is 26.7 Å². The van der Waals surface area contributed by atoms with Gasteiger partial charge < -0.3 is 19.9 Å². The molecule has 0 aliphatic carbocycles. The minimum Gasteiger partial charge on any atom is -0.489 e. The summed E-state index contributed by atoms with van der Waals surface area (Å²) in [6.45, 7) is 12.9. The van der Waals surface area contributed by atoms with Gasteiger partial charge in [-0.2, -0.15) is 0 Å². The Bertz CT molecular complexity index is 516. The van der Waals surface area contributed by atoms with Crippen LogP contribution >= 0.6 is 0 Å². The van der Waals surface area contributed by atoms with E-state index in [-0.39, 0.29) is 6.10 Å². The van der Waals surface area contributed by atoms with Crippen molar-refractivity contribution in [2.24, 2.45) is 10.9 Å². The fourth-order valence-corrected chi connectivity index (χ4v) is 3.36. The summed E-state index contributed by atoms with van der Waals surface area (Å²) in [5, 5.41) is 3.47. The van der Waals surface area contributed by atoms with E-state index >= 15 is 0 Å². The lowest BCUT2D eigenvalue weighted by molar-refractivity contribution is 0.222. The third-order valence-electron chi connectivity index (χ3n) is 4.84. The minimum absolute atomic E-state index is 0.0909. The van der Waals surface area contributed by atoms with Crippen molar-refractivity contribution in [3.8, 4) is 5.75 Å². The van der Waals surface area contributed by atoms with Crippen LogP contribution in [0.3, 0.4) is 0 Å². The van der Waals surface area contributed by atoms with E-state index in [0.29, 0.717) is 0 Å². The first kappa shape index (κ1) is 19.6. The molecule has 1 aliphatic heterocycles. The SMILES string of the molecule is CCN(CC)CC1CCN(C(=NC)NCC(C)Oc2ccccc2)C1. The highest BCUT2D eigenvalue weighted by atomic mass is 16.5. The Morgan fingerprint density at radius 3 is 2.68 bits per heavy atom. The normalized spacial score (nSPS) is 19.3. The van der Waals surface area contributed by atoms with Gasteiger partial charge in [-0.1, -0.05) is 32.0 Å². The summed E-state index contributed by atoms with van der Waals surface area (Å²) in [4.78, 5) is 9.36. The molecule has 1 heterocycles. The molecule has 2 atom stereocenters. The van der Waals surface area contributed by atoms with Gasteiger partial charge in [0.25, 0.3) is 0 Å². The molecule has 2 unspecified atom stereocenters. The number of benzene rings is 1. The van der Waals surface area contributed by atoms with E-state index in [1.807, 2.05) is 37.4 Å². The van der Waals surface area contributed by atoms with E-state index < -0.39 is 0 Å². The Morgan fingerprint density at radius 1 is 1.32 bits per heavy atom. The third kappa shape index (κ3) is 6.24. The van der Waals surface area contributed by atoms with Gasteiger partial charge in [-0.15, -0.1) is 0 Å². The Morgan fingerprint density at radius 2 is 2.04 bits per heavy atom. The number of aliphatic imine (C=N–C) groups is 1. The Labute approximate surface area is 153 Å². The van der Waals surface area contributed by atoms with Gasteiger partial charge in [-0.25, -0.2) is 0 Å². The summed E-state index contributed by atoms with van der Waals surface area (Å²) in [6, 6.07) is 9.97. The molecule has 140 valence electrons. The average molecular weight is 347 g/mol. The number of hydrogen-bond acceptors (Lipinski definition) is 3. The summed E-state index contributed by atoms with van der Waals surface area (Å²) in [5.41, 5.74) is 0. The van der Waals surface area contributed by atoms with Gasteiger partial charge in [-0.3, -0.25) is 4.99 Å². The van der Waals surface area contributed by atoms with E-state index in [1.54, 1.807) is 0 Å². The predicted octanol–water partition coefficient (Wildman–Crippen LogP) is 2.69. The highest BCUT2D eigenvalue weighted by molar-refractivity contribution is 5.80. The molecule has 1 aromatic rings. The largest absolute Gasteiger partial charge is 0.489 e. The zero-order valence-corrected chi connectivity index (χ0v) is 16.2. The molecule has 1 aliphatic rings. The van der Waals surface area contributed by atoms with E-state index in [4.69, 9.17) is 4.74 Å². The fourth-order valence-electron chi connectivity index (χ4n) is 3.36. The lowest BCUT2D eigenvalue weighted by Gasteiger charge is -2.25. The number of para-hydroxylation sites is 1. The monoisotopic (exact) mass is 346 g/mol. The number of nitrogens with one attached hydrogen (secondary N) is 1. The Hall–Kier alpha value is -1.75. The van der Waals surface area contributed by atoms with Crippen LogP contribution in [0.4, 0.5) is 0 Å². The van der Waals surface area contributed by atoms with E-state index in [9.17, 15) is 0 Å². The quantitative estimate of drug-likeness (QED) is 0.580. The van der Waals surface area contributed by atoms with Crippen LogP contribution in [-0.4, -0.2) is 68.2 Å². The van der Waals surface area contributed by atoms with Crippen LogP contribution in [0.25, 0.3) is 0 Å². The minimum atomic E-state index is 0.0909. The van der Waals surface area contributed by atoms with Crippen LogP contribution in [0.1, 0.15) is 27.2 Å². The standard InChI is InChI=1S/C20H34N4O/c1-5-23(6-2)15-18-12-13-24(16-18)20(21-4)22-14-17(3)25-19-10-8-7-9-11-19/h7-11,17-18H,5-6,12-16H2,1-4H3,(H,21,22). The smallest absolute Gasteiger partial charge is 0.193 e. The lowest BCUT2D eigenvalue weighted by Crippen LogP contribution is -2.44. The molecule has 1 saturated heterocycles. The molecule has 5 heteroatoms. The lowest BCUT2D eigenvalue weighted by atomic mass is 10.1. The van der Waals surface area contributed by atoms with Crippen LogP contribution in [0.5, 0.6) is 5.75 Å². The molecular formula is C20H34N4O. The Kier molecular flexibility index (Phi) is 8.06. The average Bonchev–Trinajstić information content (AvgIpc) is 3.09. The first-order valence-corrected chi connectivity index (χ1v) is 9.55. The van der Waals surface area contributed by atoms with Crippen LogP contribution in [-0.2, 0) is 0 Å². The number of likely N-dealkylation sites (tertiary alicyclic amines) is 1. The Balaban J connectivity index is 1.77. The van der Waals surface area contributed by atoms with Crippen molar-refractivity contribution >= 4 is 5.96 Å². The first-order valence-electron chi connectivity index (χ1n) is 9.55. The zero-order chi connectivity index (χ0) is 18.1. The van der Waals surface area contributed by atoms with Crippen molar-refractivity contribution in [3.05, 3.63) is 30.3 Å². The summed E-state index contributed by atoms with van der Waals surface area (Å²) in [5.74, 6) is 2.63. The number of hydrogen-bond donors (Lipinski definition) is 1. The van der Waals surface area contributed by atoms with E-state index in [0.717, 1.165) is 50.4 Å². The van der Waals surface area contributed by atoms with E-state index in [2.05, 4.69) is 40.9 Å². The van der Waals surface area contributed by atoms with Crippen LogP contribution < -0.4 is 10.1 Å². The van der Waals surface area contributed by atoms with Crippen molar-refractivity contribution in [2.75, 3.05) is 46.3 Å². The van der Waals surface area contributed by atoms with Gasteiger partial charge in [0.1, 0.15) is 11.9 Å². The molecule has 0 bridgehead atoms. The number of guanidine groups is 1. The summed E-state index contributed by atoms with van der Waals surface area (Å²) < 4.78 is 5.93. The molecule has 1 aromatic carbocycles. The highest BCUT2D eigenvalue weighted by Gasteiger charge is 2.26. The molecule has 0 amide bonds. The maximum atomic E-state index is 5.93. The van der Waals surface area contributed by atoms with Gasteiger partial charge in [0.2, 0.25) is 0 Å². The number of nitrogens with zero attached hydrogens (tertiary/aromatic N) is 3. The molecule has 1 N–H and O–H groups in total. The van der Waals surface area contributed by atoms with Crippen molar-refractivity contribution in [1.82, 2.24) is 15.1 Å². The van der Waals surface area contributed by atoms with Crippen LogP contribution in [0.2, 0.25) is 0 Å². The van der Waals surface area contributed by atoms with Crippen molar-refractivity contribution in [1.29, 1.82) is 0 Å². The molecular weight excluding hydrogens is 312 g/mol. The molecule has 0 aromatic heterocycles. The van der Waals surface area contributed by atoms with Crippen molar-refractivity contribution in [3.63, 3.8) is 0 Å². The molecule has 2 rings (SSSR count). The molecule has 0 spiro atoms. The molecule has 1 fully saturated rings. The van der Waals surface area contributed by atoms with Gasteiger partial charge >= 0.3 is 0 Å². The van der Waals surface area contributed by atoms with Gasteiger partial charge in [0.15, 0.2) is 5.96 Å². The maximum Gasteiger partial charge on any atom is 0.193 e. The molecule has 0 saturated carbocycles. The topological polar surface area (TPSA) is 40.1 Å². The molecule has 25 heavy (non-hydrogen) atoms. The highest BCUT2D eigenvalue weighted by Crippen LogP contribution is 2.17. The second-order valence-corrected chi connectivity index (χ2v) is 6.76. The van der Waals surface area contributed by atoms with Crippen molar-refractivity contribution < 1.29 is 4.74 Å². The summed E-state index contributed by atoms with van der Waals surface area (Å²) in [6.07, 6.45) is 1.33. The molecule has 0 radical (unpaired) electrons. The van der Waals surface area contributed by atoms with Crippen LogP contribution in [0, 0.1) is 5.92 Å². The molecule has 5 nitrogen and oxygen atoms in total. The number of ether oxygens (including phenoxy) is 1. The van der Waals surface area contributed by atoms with Gasteiger partial charge in [0.05, 0.1) is 6.54 Å². The third-order valence-corrected chi connectivity index (χ3v) is 4.84. The second kappa shape index (κ2) is 10.3. The summed E-state index contributed by atoms with van der Waals surface area (Å²) in [7, 11) is 1.86. The number of rotatable bonds is 8. The fraction of sp³-hybridized carbons (Fsp3) is 0.650. The van der Waals surface area contributed by atoms with E-state index in [1.165, 1.54) is 13.0 Å². The van der Waals surface area contributed by atoms with Crippen molar-refractivity contribution in [2.45, 2.75) is 33.3 Å². The predicted molar refractivity (Wildman–Crippen MR) is 105 cm³/mol. The second-order valence-electron chi connectivity index (χ2n) is 6.76. The zero-order valence-electron chi connectivity index (χ0n) is 16.2. The maximum absolute atomic E-state index is 5.93.